The Labute approximate surface area is 220 Å². The zero-order chi connectivity index (χ0) is 25.9. The first-order chi connectivity index (χ1) is 17.1. The van der Waals surface area contributed by atoms with Gasteiger partial charge in [-0.1, -0.05) is 44.5 Å². The van der Waals surface area contributed by atoms with E-state index in [0.29, 0.717) is 35.1 Å². The van der Waals surface area contributed by atoms with E-state index in [9.17, 15) is 14.4 Å². The third-order valence-corrected chi connectivity index (χ3v) is 7.80. The fourth-order valence-corrected chi connectivity index (χ4v) is 5.44. The average molecular weight is 532 g/mol. The van der Waals surface area contributed by atoms with Crippen LogP contribution in [0.15, 0.2) is 41.3 Å². The molecule has 1 N–H and O–H groups in total. The Hall–Kier alpha value is -2.55. The number of ether oxygens (including phenoxy) is 3. The monoisotopic (exact) mass is 531 g/mol. The van der Waals surface area contributed by atoms with E-state index >= 15 is 0 Å². The van der Waals surface area contributed by atoms with Crippen LogP contribution in [0.5, 0.6) is 5.75 Å². The summed E-state index contributed by atoms with van der Waals surface area (Å²) in [5.41, 5.74) is 2.17. The van der Waals surface area contributed by atoms with Gasteiger partial charge >= 0.3 is 11.9 Å². The van der Waals surface area contributed by atoms with Crippen molar-refractivity contribution in [2.24, 2.45) is 5.41 Å². The molecule has 4 rings (SSSR count). The second kappa shape index (κ2) is 10.8. The third-order valence-electron chi connectivity index (χ3n) is 6.14. The molecule has 2 aliphatic rings. The summed E-state index contributed by atoms with van der Waals surface area (Å²) in [6.45, 7) is 6.45. The molecule has 0 aromatic heterocycles. The Morgan fingerprint density at radius 1 is 1.06 bits per heavy atom. The van der Waals surface area contributed by atoms with Gasteiger partial charge in [0.25, 0.3) is 5.79 Å². The molecule has 0 saturated carbocycles. The first-order valence-corrected chi connectivity index (χ1v) is 13.3. The molecule has 0 aliphatic carbocycles. The highest BCUT2D eigenvalue weighted by atomic mass is 35.5. The van der Waals surface area contributed by atoms with Gasteiger partial charge in [0.15, 0.2) is 5.78 Å². The Kier molecular flexibility index (Phi) is 7.97. The molecule has 2 aliphatic heterocycles. The van der Waals surface area contributed by atoms with Gasteiger partial charge in [-0.15, -0.1) is 11.8 Å². The number of esters is 2. The second-order valence-electron chi connectivity index (χ2n) is 9.92. The van der Waals surface area contributed by atoms with E-state index in [4.69, 9.17) is 25.8 Å². The van der Waals surface area contributed by atoms with E-state index in [1.807, 2.05) is 45.0 Å². The number of halogens is 1. The summed E-state index contributed by atoms with van der Waals surface area (Å²) in [5, 5.41) is 3.82. The van der Waals surface area contributed by atoms with Crippen molar-refractivity contribution in [1.82, 2.24) is 5.32 Å². The second-order valence-corrected chi connectivity index (χ2v) is 11.3. The molecule has 2 aromatic carbocycles. The van der Waals surface area contributed by atoms with E-state index < -0.39 is 23.1 Å². The summed E-state index contributed by atoms with van der Waals surface area (Å²) in [7, 11) is 0. The summed E-state index contributed by atoms with van der Waals surface area (Å²) in [6.07, 6.45) is 0.633. The fraction of sp³-hybridized carbons (Fsp3) is 0.444. The van der Waals surface area contributed by atoms with Crippen molar-refractivity contribution in [1.29, 1.82) is 0 Å². The minimum atomic E-state index is -1.50. The molecule has 0 atom stereocenters. The predicted molar refractivity (Wildman–Crippen MR) is 137 cm³/mol. The molecule has 2 aromatic rings. The fourth-order valence-electron chi connectivity index (χ4n) is 4.00. The lowest BCUT2D eigenvalue weighted by Gasteiger charge is -2.32. The van der Waals surface area contributed by atoms with Gasteiger partial charge in [0.1, 0.15) is 12.4 Å². The Bertz CT molecular complexity index is 1140. The first-order valence-electron chi connectivity index (χ1n) is 11.9. The lowest BCUT2D eigenvalue weighted by atomic mass is 9.91. The van der Waals surface area contributed by atoms with Crippen molar-refractivity contribution in [3.8, 4) is 5.75 Å². The highest BCUT2D eigenvalue weighted by Gasteiger charge is 2.46. The molecule has 2 heterocycles. The summed E-state index contributed by atoms with van der Waals surface area (Å²) in [5.74, 6) is -1.12. The Balaban J connectivity index is 1.52. The number of carbonyl (C=O) groups is 3. The van der Waals surface area contributed by atoms with Gasteiger partial charge in [-0.2, -0.15) is 0 Å². The van der Waals surface area contributed by atoms with Crippen LogP contribution >= 0.6 is 23.4 Å². The lowest BCUT2D eigenvalue weighted by molar-refractivity contribution is -0.225. The van der Waals surface area contributed by atoms with Crippen molar-refractivity contribution >= 4 is 41.1 Å². The molecule has 1 spiro atoms. The standard InChI is InChI=1S/C27H30ClNO6S/c1-26(2,3)22(30)14-33-18-6-4-17(5-7-18)15-36-25-19-12-13-29-16-27(20(19)8-9-21(25)28)34-23(31)10-11-24(32)35-27/h4-9,29H,10-16H2,1-3H3. The van der Waals surface area contributed by atoms with Gasteiger partial charge < -0.3 is 19.5 Å². The number of hydrogen-bond acceptors (Lipinski definition) is 8. The smallest absolute Gasteiger partial charge is 0.309 e. The molecule has 0 radical (unpaired) electrons. The minimum Gasteiger partial charge on any atom is -0.486 e. The van der Waals surface area contributed by atoms with Crippen LogP contribution in [-0.2, 0) is 41.8 Å². The molecule has 0 unspecified atom stereocenters. The Morgan fingerprint density at radius 2 is 1.72 bits per heavy atom. The number of ketones is 1. The van der Waals surface area contributed by atoms with Gasteiger partial charge in [-0.3, -0.25) is 14.4 Å². The maximum Gasteiger partial charge on any atom is 0.309 e. The molecular weight excluding hydrogens is 502 g/mol. The molecular formula is C27H30ClNO6S. The quantitative estimate of drug-likeness (QED) is 0.419. The highest BCUT2D eigenvalue weighted by Crippen LogP contribution is 2.42. The SMILES string of the molecule is CC(C)(C)C(=O)COc1ccc(CSc2c(Cl)ccc3c2CCNCC32OC(=O)CCC(=O)O2)cc1. The van der Waals surface area contributed by atoms with E-state index in [1.54, 1.807) is 23.9 Å². The largest absolute Gasteiger partial charge is 0.486 e. The van der Waals surface area contributed by atoms with Crippen molar-refractivity contribution in [3.05, 3.63) is 58.1 Å². The average Bonchev–Trinajstić information content (AvgIpc) is 3.09. The van der Waals surface area contributed by atoms with Gasteiger partial charge in [0, 0.05) is 21.6 Å². The maximum atomic E-state index is 12.3. The minimum absolute atomic E-state index is 0.00477. The number of benzene rings is 2. The zero-order valence-electron chi connectivity index (χ0n) is 20.6. The number of carbonyl (C=O) groups excluding carboxylic acids is 3. The van der Waals surface area contributed by atoms with E-state index in [1.165, 1.54) is 0 Å². The number of fused-ring (bicyclic) bond motifs is 2. The zero-order valence-corrected chi connectivity index (χ0v) is 22.2. The molecule has 192 valence electrons. The van der Waals surface area contributed by atoms with Crippen LogP contribution in [0.1, 0.15) is 50.3 Å². The van der Waals surface area contributed by atoms with Gasteiger partial charge in [0.2, 0.25) is 0 Å². The van der Waals surface area contributed by atoms with Gasteiger partial charge in [-0.25, -0.2) is 0 Å². The summed E-state index contributed by atoms with van der Waals surface area (Å²) in [4.78, 5) is 37.6. The van der Waals surface area contributed by atoms with E-state index in [-0.39, 0.29) is 31.8 Å². The summed E-state index contributed by atoms with van der Waals surface area (Å²) in [6, 6.07) is 11.1. The molecule has 7 nitrogen and oxygen atoms in total. The van der Waals surface area contributed by atoms with E-state index in [0.717, 1.165) is 16.0 Å². The van der Waals surface area contributed by atoms with Crippen LogP contribution in [-0.4, -0.2) is 37.4 Å². The molecule has 9 heteroatoms. The van der Waals surface area contributed by atoms with E-state index in [2.05, 4.69) is 5.32 Å². The van der Waals surface area contributed by atoms with Crippen LogP contribution in [0.2, 0.25) is 5.02 Å². The first kappa shape index (κ1) is 26.5. The van der Waals surface area contributed by atoms with Crippen LogP contribution in [0, 0.1) is 5.41 Å². The van der Waals surface area contributed by atoms with Crippen molar-refractivity contribution in [3.63, 3.8) is 0 Å². The number of nitrogens with one attached hydrogen (secondary N) is 1. The molecule has 0 amide bonds. The maximum absolute atomic E-state index is 12.3. The number of rotatable bonds is 6. The number of thioether (sulfide) groups is 1. The normalized spacial score (nSPS) is 17.4. The van der Waals surface area contributed by atoms with Gasteiger partial charge in [-0.05, 0) is 48.4 Å². The van der Waals surface area contributed by atoms with Gasteiger partial charge in [0.05, 0.1) is 24.4 Å². The number of Topliss-reactive ketones (excluding diaryl/α,β-unsaturated/α-hetero) is 1. The summed E-state index contributed by atoms with van der Waals surface area (Å²) >= 11 is 8.19. The number of hydrogen-bond donors (Lipinski definition) is 1. The molecule has 36 heavy (non-hydrogen) atoms. The van der Waals surface area contributed by atoms with Crippen LogP contribution in [0.3, 0.4) is 0 Å². The predicted octanol–water partition coefficient (Wildman–Crippen LogP) is 4.81. The topological polar surface area (TPSA) is 90.9 Å². The van der Waals surface area contributed by atoms with Crippen LogP contribution in [0.4, 0.5) is 0 Å². The molecule has 1 saturated heterocycles. The van der Waals surface area contributed by atoms with Crippen LogP contribution in [0.25, 0.3) is 0 Å². The van der Waals surface area contributed by atoms with Crippen molar-refractivity contribution in [2.75, 3.05) is 19.7 Å². The highest BCUT2D eigenvalue weighted by molar-refractivity contribution is 7.98. The van der Waals surface area contributed by atoms with Crippen LogP contribution < -0.4 is 10.1 Å². The van der Waals surface area contributed by atoms with Crippen molar-refractivity contribution < 1.29 is 28.6 Å². The summed E-state index contributed by atoms with van der Waals surface area (Å²) < 4.78 is 17.1. The Morgan fingerprint density at radius 3 is 2.36 bits per heavy atom. The van der Waals surface area contributed by atoms with Crippen molar-refractivity contribution in [2.45, 2.75) is 56.5 Å². The molecule has 0 bridgehead atoms. The third kappa shape index (κ3) is 6.05. The lowest BCUT2D eigenvalue weighted by Crippen LogP contribution is -2.43. The molecule has 1 fully saturated rings.